The topological polar surface area (TPSA) is 88.1 Å². The normalized spacial score (nSPS) is 10.3. The molecule has 0 saturated carbocycles. The number of carbonyl (C=O) groups excluding carboxylic acids is 3. The Balaban J connectivity index is 2.15. The number of hydrogen-bond donors (Lipinski definition) is 0. The average molecular weight is 376 g/mol. The Morgan fingerprint density at radius 2 is 1.63 bits per heavy atom. The van der Waals surface area contributed by atoms with Crippen molar-refractivity contribution in [2.75, 3.05) is 27.4 Å². The number of unbranched alkanes of at least 4 members (excludes halogenated alkanes) is 1. The van der Waals surface area contributed by atoms with Gasteiger partial charge in [0, 0.05) is 11.6 Å². The lowest BCUT2D eigenvalue weighted by molar-refractivity contribution is -0.144. The highest BCUT2D eigenvalue weighted by atomic mass is 16.5. The van der Waals surface area contributed by atoms with Crippen LogP contribution in [-0.4, -0.2) is 45.3 Å². The molecule has 0 N–H and O–H groups in total. The lowest BCUT2D eigenvalue weighted by atomic mass is 10.2. The van der Waals surface area contributed by atoms with E-state index in [-0.39, 0.29) is 25.2 Å². The Kier molecular flexibility index (Phi) is 10.00. The van der Waals surface area contributed by atoms with Crippen LogP contribution in [0.2, 0.25) is 0 Å². The Labute approximate surface area is 158 Å². The summed E-state index contributed by atoms with van der Waals surface area (Å²) in [6.45, 7) is 3.84. The Morgan fingerprint density at radius 1 is 1.00 bits per heavy atom. The maximum absolute atomic E-state index is 11.6. The van der Waals surface area contributed by atoms with E-state index >= 15 is 0 Å². The van der Waals surface area contributed by atoms with Crippen LogP contribution in [0.1, 0.15) is 24.8 Å². The molecular weight excluding hydrogens is 352 g/mol. The molecule has 0 aliphatic rings. The molecule has 1 aromatic carbocycles. The first-order valence-electron chi connectivity index (χ1n) is 8.37. The zero-order valence-corrected chi connectivity index (χ0v) is 15.6. The van der Waals surface area contributed by atoms with E-state index in [1.165, 1.54) is 13.2 Å². The molecule has 1 aromatic rings. The minimum atomic E-state index is -0.639. The minimum absolute atomic E-state index is 0.0388. The summed E-state index contributed by atoms with van der Waals surface area (Å²) in [6.07, 6.45) is 3.86. The van der Waals surface area contributed by atoms with E-state index in [1.807, 2.05) is 12.1 Å². The van der Waals surface area contributed by atoms with Crippen molar-refractivity contribution in [1.82, 2.24) is 0 Å². The summed E-state index contributed by atoms with van der Waals surface area (Å²) in [5.41, 5.74) is 0.892. The molecule has 7 nitrogen and oxygen atoms in total. The Morgan fingerprint density at radius 3 is 2.22 bits per heavy atom. The van der Waals surface area contributed by atoms with Gasteiger partial charge in [0.25, 0.3) is 0 Å². The van der Waals surface area contributed by atoms with Crippen molar-refractivity contribution in [3.63, 3.8) is 0 Å². The average Bonchev–Trinajstić information content (AvgIpc) is 2.68. The van der Waals surface area contributed by atoms with Crippen molar-refractivity contribution in [2.45, 2.75) is 19.3 Å². The van der Waals surface area contributed by atoms with Gasteiger partial charge in [-0.2, -0.15) is 0 Å². The van der Waals surface area contributed by atoms with E-state index < -0.39 is 17.9 Å². The molecule has 0 amide bonds. The van der Waals surface area contributed by atoms with Crippen molar-refractivity contribution in [1.29, 1.82) is 0 Å². The van der Waals surface area contributed by atoms with Crippen molar-refractivity contribution >= 4 is 24.0 Å². The van der Waals surface area contributed by atoms with Crippen molar-refractivity contribution in [2.24, 2.45) is 0 Å². The number of hydrogen-bond acceptors (Lipinski definition) is 7. The van der Waals surface area contributed by atoms with Crippen molar-refractivity contribution < 1.29 is 33.3 Å². The molecule has 0 spiro atoms. The Hall–Kier alpha value is -3.09. The molecule has 0 aliphatic heterocycles. The largest absolute Gasteiger partial charge is 0.497 e. The molecule has 0 radical (unpaired) electrons. The van der Waals surface area contributed by atoms with Gasteiger partial charge in [0.2, 0.25) is 0 Å². The van der Waals surface area contributed by atoms with E-state index in [2.05, 4.69) is 11.3 Å². The molecule has 1 rings (SSSR count). The van der Waals surface area contributed by atoms with Crippen LogP contribution in [0.4, 0.5) is 0 Å². The van der Waals surface area contributed by atoms with Gasteiger partial charge < -0.3 is 18.9 Å². The molecule has 0 unspecified atom stereocenters. The van der Waals surface area contributed by atoms with Crippen LogP contribution < -0.4 is 4.74 Å². The first-order chi connectivity index (χ1) is 13.0. The van der Waals surface area contributed by atoms with Crippen LogP contribution in [0.25, 0.3) is 6.08 Å². The monoisotopic (exact) mass is 376 g/mol. The van der Waals surface area contributed by atoms with Gasteiger partial charge in [0.1, 0.15) is 5.75 Å². The van der Waals surface area contributed by atoms with E-state index in [1.54, 1.807) is 25.3 Å². The zero-order chi connectivity index (χ0) is 20.1. The molecule has 0 aliphatic carbocycles. The Bertz CT molecular complexity index is 674. The fourth-order valence-corrected chi connectivity index (χ4v) is 1.89. The first kappa shape index (κ1) is 22.0. The van der Waals surface area contributed by atoms with Crippen LogP contribution in [0.5, 0.6) is 5.75 Å². The maximum atomic E-state index is 11.6. The summed E-state index contributed by atoms with van der Waals surface area (Å²) in [7, 11) is 2.82. The van der Waals surface area contributed by atoms with Crippen molar-refractivity contribution in [3.8, 4) is 5.75 Å². The third kappa shape index (κ3) is 9.25. The molecule has 27 heavy (non-hydrogen) atoms. The van der Waals surface area contributed by atoms with Crippen LogP contribution in [-0.2, 0) is 28.6 Å². The fourth-order valence-electron chi connectivity index (χ4n) is 1.89. The second kappa shape index (κ2) is 12.3. The van der Waals surface area contributed by atoms with Gasteiger partial charge in [-0.15, -0.1) is 0 Å². The molecular formula is C20H24O7. The SMILES string of the molecule is C=C(CC(=O)OC)C(=O)OCCCCOC(=O)/C=C/c1ccc(OC)cc1. The van der Waals surface area contributed by atoms with E-state index in [9.17, 15) is 14.4 Å². The van der Waals surface area contributed by atoms with Gasteiger partial charge in [0.05, 0.1) is 33.9 Å². The first-order valence-corrected chi connectivity index (χ1v) is 8.37. The number of benzene rings is 1. The summed E-state index contributed by atoms with van der Waals surface area (Å²) < 4.78 is 19.5. The summed E-state index contributed by atoms with van der Waals surface area (Å²) in [6, 6.07) is 7.24. The van der Waals surface area contributed by atoms with Gasteiger partial charge in [-0.3, -0.25) is 4.79 Å². The van der Waals surface area contributed by atoms with Gasteiger partial charge in [-0.05, 0) is 36.6 Å². The number of ether oxygens (including phenoxy) is 4. The number of carbonyl (C=O) groups is 3. The highest BCUT2D eigenvalue weighted by molar-refractivity contribution is 5.93. The lowest BCUT2D eigenvalue weighted by Gasteiger charge is -2.06. The molecule has 0 saturated heterocycles. The van der Waals surface area contributed by atoms with Crippen LogP contribution >= 0.6 is 0 Å². The van der Waals surface area contributed by atoms with Gasteiger partial charge >= 0.3 is 17.9 Å². The summed E-state index contributed by atoms with van der Waals surface area (Å²) >= 11 is 0. The second-order valence-electron chi connectivity index (χ2n) is 5.47. The van der Waals surface area contributed by atoms with Crippen LogP contribution in [0.15, 0.2) is 42.5 Å². The van der Waals surface area contributed by atoms with Gasteiger partial charge in [0.15, 0.2) is 0 Å². The molecule has 146 valence electrons. The van der Waals surface area contributed by atoms with E-state index in [0.29, 0.717) is 12.8 Å². The van der Waals surface area contributed by atoms with Crippen LogP contribution in [0, 0.1) is 0 Å². The highest BCUT2D eigenvalue weighted by Crippen LogP contribution is 2.12. The smallest absolute Gasteiger partial charge is 0.333 e. The molecule has 0 fully saturated rings. The third-order valence-electron chi connectivity index (χ3n) is 3.42. The van der Waals surface area contributed by atoms with E-state index in [0.717, 1.165) is 11.3 Å². The molecule has 0 bridgehead atoms. The summed E-state index contributed by atoms with van der Waals surface area (Å²) in [5.74, 6) is -0.898. The molecule has 0 heterocycles. The summed E-state index contributed by atoms with van der Waals surface area (Å²) in [4.78, 5) is 34.2. The molecule has 0 aromatic heterocycles. The molecule has 7 heteroatoms. The highest BCUT2D eigenvalue weighted by Gasteiger charge is 2.13. The maximum Gasteiger partial charge on any atom is 0.333 e. The van der Waals surface area contributed by atoms with E-state index in [4.69, 9.17) is 14.2 Å². The third-order valence-corrected chi connectivity index (χ3v) is 3.42. The quantitative estimate of drug-likeness (QED) is 0.254. The second-order valence-corrected chi connectivity index (χ2v) is 5.47. The van der Waals surface area contributed by atoms with Crippen LogP contribution in [0.3, 0.4) is 0 Å². The predicted molar refractivity (Wildman–Crippen MR) is 99.0 cm³/mol. The number of methoxy groups -OCH3 is 2. The lowest BCUT2D eigenvalue weighted by Crippen LogP contribution is -2.13. The fraction of sp³-hybridized carbons (Fsp3) is 0.350. The number of rotatable bonds is 11. The number of esters is 3. The zero-order valence-electron chi connectivity index (χ0n) is 15.6. The standard InChI is InChI=1S/C20H24O7/c1-15(14-19(22)25-3)20(23)27-13-5-4-12-26-18(21)11-8-16-6-9-17(24-2)10-7-16/h6-11H,1,4-5,12-14H2,2-3H3/b11-8+. The molecule has 0 atom stereocenters. The van der Waals surface area contributed by atoms with Crippen molar-refractivity contribution in [3.05, 3.63) is 48.1 Å². The van der Waals surface area contributed by atoms with Gasteiger partial charge in [-0.25, -0.2) is 9.59 Å². The minimum Gasteiger partial charge on any atom is -0.497 e. The predicted octanol–water partition coefficient (Wildman–Crippen LogP) is 2.69. The van der Waals surface area contributed by atoms with Gasteiger partial charge in [-0.1, -0.05) is 18.7 Å². The summed E-state index contributed by atoms with van der Waals surface area (Å²) in [5, 5.41) is 0.